The van der Waals surface area contributed by atoms with Crippen LogP contribution in [-0.2, 0) is 17.9 Å². The Morgan fingerprint density at radius 2 is 2.29 bits per heavy atom. The fourth-order valence-corrected chi connectivity index (χ4v) is 2.78. The Labute approximate surface area is 128 Å². The number of likely N-dealkylation sites (tertiary alicyclic amines) is 1. The summed E-state index contributed by atoms with van der Waals surface area (Å²) in [6, 6.07) is 2.60. The monoisotopic (exact) mass is 294 g/mol. The van der Waals surface area contributed by atoms with Gasteiger partial charge in [-0.25, -0.2) is 0 Å². The molecule has 1 saturated heterocycles. The fourth-order valence-electron chi connectivity index (χ4n) is 2.78. The average molecular weight is 294 g/mol. The van der Waals surface area contributed by atoms with Gasteiger partial charge in [-0.2, -0.15) is 0 Å². The Hall–Kier alpha value is -0.840. The lowest BCUT2D eigenvalue weighted by molar-refractivity contribution is 0.0438. The van der Waals surface area contributed by atoms with Crippen LogP contribution in [-0.4, -0.2) is 37.7 Å². The Kier molecular flexibility index (Phi) is 6.74. The summed E-state index contributed by atoms with van der Waals surface area (Å²) < 4.78 is 11.5. The molecular formula is C17H30N2O2. The Balaban J connectivity index is 1.71. The Morgan fingerprint density at radius 3 is 3.05 bits per heavy atom. The number of hydrogen-bond acceptors (Lipinski definition) is 4. The summed E-state index contributed by atoms with van der Waals surface area (Å²) in [7, 11) is 2.20. The minimum Gasteiger partial charge on any atom is -0.468 e. The highest BCUT2D eigenvalue weighted by Gasteiger charge is 2.19. The molecule has 0 bridgehead atoms. The summed E-state index contributed by atoms with van der Waals surface area (Å²) in [6.07, 6.45) is 5.66. The summed E-state index contributed by atoms with van der Waals surface area (Å²) in [6.45, 7) is 8.88. The van der Waals surface area contributed by atoms with Gasteiger partial charge in [-0.3, -0.25) is 0 Å². The van der Waals surface area contributed by atoms with Gasteiger partial charge in [0.2, 0.25) is 0 Å². The van der Waals surface area contributed by atoms with Gasteiger partial charge in [0.05, 0.1) is 26.0 Å². The van der Waals surface area contributed by atoms with E-state index in [0.717, 1.165) is 25.5 Å². The second kappa shape index (κ2) is 8.57. The van der Waals surface area contributed by atoms with Crippen molar-refractivity contribution in [3.63, 3.8) is 0 Å². The molecule has 1 aromatic rings. The van der Waals surface area contributed by atoms with Gasteiger partial charge in [0.1, 0.15) is 5.76 Å². The molecule has 1 atom stereocenters. The third kappa shape index (κ3) is 5.46. The summed E-state index contributed by atoms with van der Waals surface area (Å²) in [5, 5.41) is 3.42. The van der Waals surface area contributed by atoms with Crippen LogP contribution in [0.15, 0.2) is 16.7 Å². The molecule has 2 rings (SSSR count). The predicted molar refractivity (Wildman–Crippen MR) is 85.2 cm³/mol. The average Bonchev–Trinajstić information content (AvgIpc) is 2.88. The van der Waals surface area contributed by atoms with E-state index in [-0.39, 0.29) is 0 Å². The number of nitrogens with zero attached hydrogens (tertiary/aromatic N) is 1. The van der Waals surface area contributed by atoms with Gasteiger partial charge >= 0.3 is 0 Å². The molecule has 2 heterocycles. The third-order valence-electron chi connectivity index (χ3n) is 4.17. The van der Waals surface area contributed by atoms with Crippen molar-refractivity contribution in [2.75, 3.05) is 26.7 Å². The maximum atomic E-state index is 5.93. The minimum atomic E-state index is 0.577. The molecule has 4 heteroatoms. The van der Waals surface area contributed by atoms with Crippen molar-refractivity contribution in [1.82, 2.24) is 10.2 Å². The van der Waals surface area contributed by atoms with Crippen molar-refractivity contribution < 1.29 is 9.15 Å². The first kappa shape index (κ1) is 16.5. The van der Waals surface area contributed by atoms with Crippen LogP contribution in [0.25, 0.3) is 0 Å². The van der Waals surface area contributed by atoms with Gasteiger partial charge in [-0.05, 0) is 45.0 Å². The summed E-state index contributed by atoms with van der Waals surface area (Å²) in [4.78, 5) is 2.42. The van der Waals surface area contributed by atoms with Crippen LogP contribution in [0.4, 0.5) is 0 Å². The number of piperidine rings is 1. The van der Waals surface area contributed by atoms with E-state index in [4.69, 9.17) is 9.15 Å². The highest BCUT2D eigenvalue weighted by atomic mass is 16.5. The number of hydrogen-bond donors (Lipinski definition) is 1. The predicted octanol–water partition coefficient (Wildman–Crippen LogP) is 3.03. The lowest BCUT2D eigenvalue weighted by atomic mass is 10.0. The molecule has 1 fully saturated rings. The first-order valence-electron chi connectivity index (χ1n) is 8.20. The van der Waals surface area contributed by atoms with Crippen molar-refractivity contribution >= 4 is 0 Å². The molecule has 21 heavy (non-hydrogen) atoms. The smallest absolute Gasteiger partial charge is 0.123 e. The standard InChI is InChI=1S/C17H30N2O2/c1-14(2)10-18-11-17-15(7-9-21-17)12-20-13-16-6-4-5-8-19(16)3/h7,9,14,16,18H,4-6,8,10-13H2,1-3H3. The van der Waals surface area contributed by atoms with E-state index in [1.807, 2.05) is 6.07 Å². The van der Waals surface area contributed by atoms with Gasteiger partial charge < -0.3 is 19.4 Å². The lowest BCUT2D eigenvalue weighted by Gasteiger charge is -2.32. The van der Waals surface area contributed by atoms with Crippen LogP contribution in [0, 0.1) is 5.92 Å². The normalized spacial score (nSPS) is 20.3. The number of ether oxygens (including phenoxy) is 1. The zero-order valence-corrected chi connectivity index (χ0v) is 13.7. The number of likely N-dealkylation sites (N-methyl/N-ethyl adjacent to an activating group) is 1. The van der Waals surface area contributed by atoms with Crippen LogP contribution >= 0.6 is 0 Å². The van der Waals surface area contributed by atoms with Crippen LogP contribution in [0.5, 0.6) is 0 Å². The molecule has 1 aliphatic heterocycles. The van der Waals surface area contributed by atoms with E-state index in [0.29, 0.717) is 18.6 Å². The molecule has 1 aromatic heterocycles. The Bertz CT molecular complexity index is 403. The maximum Gasteiger partial charge on any atom is 0.123 e. The summed E-state index contributed by atoms with van der Waals surface area (Å²) >= 11 is 0. The number of rotatable bonds is 8. The molecular weight excluding hydrogens is 264 g/mol. The van der Waals surface area contributed by atoms with Crippen LogP contribution in [0.1, 0.15) is 44.4 Å². The van der Waals surface area contributed by atoms with E-state index in [1.165, 1.54) is 31.4 Å². The molecule has 0 amide bonds. The summed E-state index contributed by atoms with van der Waals surface area (Å²) in [5.74, 6) is 1.66. The van der Waals surface area contributed by atoms with Gasteiger partial charge in [-0.15, -0.1) is 0 Å². The number of nitrogens with one attached hydrogen (secondary N) is 1. The van der Waals surface area contributed by atoms with Gasteiger partial charge in [0, 0.05) is 11.6 Å². The van der Waals surface area contributed by atoms with E-state index in [2.05, 4.69) is 31.1 Å². The molecule has 1 aliphatic rings. The minimum absolute atomic E-state index is 0.577. The van der Waals surface area contributed by atoms with E-state index >= 15 is 0 Å². The Morgan fingerprint density at radius 1 is 1.43 bits per heavy atom. The SMILES string of the molecule is CC(C)CNCc1occc1COCC1CCCCN1C. The first-order chi connectivity index (χ1) is 10.2. The largest absolute Gasteiger partial charge is 0.468 e. The molecule has 0 aliphatic carbocycles. The molecule has 120 valence electrons. The van der Waals surface area contributed by atoms with Crippen molar-refractivity contribution in [2.45, 2.75) is 52.3 Å². The van der Waals surface area contributed by atoms with Crippen LogP contribution in [0.2, 0.25) is 0 Å². The number of furan rings is 1. The van der Waals surface area contributed by atoms with Crippen molar-refractivity contribution in [3.8, 4) is 0 Å². The van der Waals surface area contributed by atoms with Crippen LogP contribution < -0.4 is 5.32 Å². The van der Waals surface area contributed by atoms with Gasteiger partial charge in [0.15, 0.2) is 0 Å². The molecule has 1 N–H and O–H groups in total. The maximum absolute atomic E-state index is 5.93. The van der Waals surface area contributed by atoms with Gasteiger partial charge in [0.25, 0.3) is 0 Å². The van der Waals surface area contributed by atoms with E-state index in [9.17, 15) is 0 Å². The molecule has 1 unspecified atom stereocenters. The van der Waals surface area contributed by atoms with Crippen LogP contribution in [0.3, 0.4) is 0 Å². The fraction of sp³-hybridized carbons (Fsp3) is 0.765. The summed E-state index contributed by atoms with van der Waals surface area (Å²) in [5.41, 5.74) is 1.17. The van der Waals surface area contributed by atoms with Crippen molar-refractivity contribution in [1.29, 1.82) is 0 Å². The quantitative estimate of drug-likeness (QED) is 0.800. The molecule has 0 saturated carbocycles. The molecule has 0 radical (unpaired) electrons. The molecule has 4 nitrogen and oxygen atoms in total. The van der Waals surface area contributed by atoms with Gasteiger partial charge in [-0.1, -0.05) is 20.3 Å². The zero-order valence-electron chi connectivity index (χ0n) is 13.7. The van der Waals surface area contributed by atoms with Crippen molar-refractivity contribution in [3.05, 3.63) is 23.7 Å². The molecule has 0 aromatic carbocycles. The third-order valence-corrected chi connectivity index (χ3v) is 4.17. The van der Waals surface area contributed by atoms with E-state index < -0.39 is 0 Å². The second-order valence-corrected chi connectivity index (χ2v) is 6.54. The topological polar surface area (TPSA) is 37.6 Å². The van der Waals surface area contributed by atoms with Crippen molar-refractivity contribution in [2.24, 2.45) is 5.92 Å². The first-order valence-corrected chi connectivity index (χ1v) is 8.20. The highest BCUT2D eigenvalue weighted by Crippen LogP contribution is 2.17. The highest BCUT2D eigenvalue weighted by molar-refractivity contribution is 5.15. The van der Waals surface area contributed by atoms with E-state index in [1.54, 1.807) is 6.26 Å². The molecule has 0 spiro atoms. The lowest BCUT2D eigenvalue weighted by Crippen LogP contribution is -2.39. The second-order valence-electron chi connectivity index (χ2n) is 6.54. The zero-order chi connectivity index (χ0) is 15.1.